The van der Waals surface area contributed by atoms with Crippen LogP contribution in [0.3, 0.4) is 0 Å². The molecular formula is C24H25FN4O4. The highest BCUT2D eigenvalue weighted by molar-refractivity contribution is 5.92. The highest BCUT2D eigenvalue weighted by Gasteiger charge is 2.17. The van der Waals surface area contributed by atoms with Crippen LogP contribution in [0.25, 0.3) is 16.6 Å². The van der Waals surface area contributed by atoms with Gasteiger partial charge >= 0.3 is 0 Å². The third-order valence-electron chi connectivity index (χ3n) is 5.64. The van der Waals surface area contributed by atoms with Crippen molar-refractivity contribution in [3.63, 3.8) is 0 Å². The van der Waals surface area contributed by atoms with E-state index in [-0.39, 0.29) is 35.3 Å². The Morgan fingerprint density at radius 3 is 2.70 bits per heavy atom. The summed E-state index contributed by atoms with van der Waals surface area (Å²) in [5.74, 6) is 0.675. The van der Waals surface area contributed by atoms with E-state index in [4.69, 9.17) is 9.47 Å². The van der Waals surface area contributed by atoms with Gasteiger partial charge in [-0.2, -0.15) is 0 Å². The van der Waals surface area contributed by atoms with Gasteiger partial charge in [0.2, 0.25) is 5.91 Å². The molecular weight excluding hydrogens is 427 g/mol. The Bertz CT molecular complexity index is 1390. The number of aromatic nitrogens is 3. The summed E-state index contributed by atoms with van der Waals surface area (Å²) >= 11 is 0. The van der Waals surface area contributed by atoms with E-state index in [2.05, 4.69) is 15.4 Å². The lowest BCUT2D eigenvalue weighted by Crippen LogP contribution is -2.28. The molecule has 0 aliphatic carbocycles. The molecule has 0 atom stereocenters. The number of aromatic amines is 1. The molecule has 0 bridgehead atoms. The van der Waals surface area contributed by atoms with Gasteiger partial charge < -0.3 is 14.8 Å². The number of aryl methyl sites for hydroxylation is 1. The van der Waals surface area contributed by atoms with Crippen LogP contribution < -0.4 is 20.3 Å². The van der Waals surface area contributed by atoms with E-state index in [0.717, 1.165) is 5.56 Å². The number of methoxy groups -OCH3 is 2. The highest BCUT2D eigenvalue weighted by atomic mass is 19.1. The lowest BCUT2D eigenvalue weighted by molar-refractivity contribution is -0.121. The summed E-state index contributed by atoms with van der Waals surface area (Å²) < 4.78 is 26.0. The summed E-state index contributed by atoms with van der Waals surface area (Å²) in [5, 5.41) is 6.04. The minimum absolute atomic E-state index is 0.143. The van der Waals surface area contributed by atoms with Crippen molar-refractivity contribution in [2.45, 2.75) is 26.2 Å². The Morgan fingerprint density at radius 2 is 1.94 bits per heavy atom. The van der Waals surface area contributed by atoms with E-state index in [1.54, 1.807) is 33.3 Å². The molecule has 2 N–H and O–H groups in total. The van der Waals surface area contributed by atoms with Gasteiger partial charge in [0.25, 0.3) is 5.56 Å². The van der Waals surface area contributed by atoms with Crippen molar-refractivity contribution in [2.24, 2.45) is 0 Å². The molecule has 0 aliphatic rings. The summed E-state index contributed by atoms with van der Waals surface area (Å²) in [6.07, 6.45) is 1.01. The highest BCUT2D eigenvalue weighted by Crippen LogP contribution is 2.27. The van der Waals surface area contributed by atoms with Crippen molar-refractivity contribution in [2.75, 3.05) is 20.8 Å². The zero-order valence-electron chi connectivity index (χ0n) is 18.7. The first kappa shape index (κ1) is 22.3. The second kappa shape index (κ2) is 9.32. The summed E-state index contributed by atoms with van der Waals surface area (Å²) in [4.78, 5) is 29.8. The lowest BCUT2D eigenvalue weighted by Gasteiger charge is -2.10. The molecule has 2 aromatic heterocycles. The molecule has 0 aliphatic heterocycles. The zero-order valence-corrected chi connectivity index (χ0v) is 18.7. The third kappa shape index (κ3) is 4.39. The molecule has 0 unspecified atom stereocenters. The number of amides is 1. The fourth-order valence-corrected chi connectivity index (χ4v) is 3.90. The number of benzene rings is 2. The number of hydrogen-bond donors (Lipinski definition) is 2. The first-order valence-electron chi connectivity index (χ1n) is 10.6. The van der Waals surface area contributed by atoms with Crippen molar-refractivity contribution in [3.8, 4) is 11.5 Å². The number of carbonyl (C=O) groups excluding carboxylic acids is 1. The predicted molar refractivity (Wildman–Crippen MR) is 123 cm³/mol. The SMILES string of the molecule is COc1ccc(CCNC(=O)CCc2c(C)nc3c4c(F)cccc4[nH]n3c2=O)cc1OC. The molecule has 2 heterocycles. The number of carbonyl (C=O) groups is 1. The molecule has 172 valence electrons. The van der Waals surface area contributed by atoms with Crippen molar-refractivity contribution in [1.29, 1.82) is 0 Å². The topological polar surface area (TPSA) is 97.7 Å². The fraction of sp³-hybridized carbons (Fsp3) is 0.292. The maximum Gasteiger partial charge on any atom is 0.276 e. The van der Waals surface area contributed by atoms with E-state index in [1.807, 2.05) is 18.2 Å². The van der Waals surface area contributed by atoms with E-state index in [1.165, 1.54) is 10.6 Å². The Hall–Kier alpha value is -3.88. The van der Waals surface area contributed by atoms with Crippen LogP contribution in [0.2, 0.25) is 0 Å². The number of H-pyrrole nitrogens is 1. The lowest BCUT2D eigenvalue weighted by atomic mass is 10.1. The Morgan fingerprint density at radius 1 is 1.15 bits per heavy atom. The van der Waals surface area contributed by atoms with Gasteiger partial charge in [-0.05, 0) is 49.6 Å². The molecule has 0 fully saturated rings. The van der Waals surface area contributed by atoms with Crippen molar-refractivity contribution in [3.05, 3.63) is 69.4 Å². The van der Waals surface area contributed by atoms with Crippen LogP contribution in [-0.2, 0) is 17.6 Å². The molecule has 0 radical (unpaired) electrons. The van der Waals surface area contributed by atoms with E-state index in [0.29, 0.717) is 41.2 Å². The molecule has 0 saturated carbocycles. The van der Waals surface area contributed by atoms with Gasteiger partial charge in [0.15, 0.2) is 17.1 Å². The standard InChI is InChI=1S/C24H25FN4O4/c1-14-16(24(31)29-23(27-14)22-17(25)5-4-6-18(22)28-29)8-10-21(30)26-12-11-15-7-9-19(32-2)20(13-15)33-3/h4-7,9,13,28H,8,10-12H2,1-3H3,(H,26,30). The number of nitrogens with one attached hydrogen (secondary N) is 2. The van der Waals surface area contributed by atoms with Crippen molar-refractivity contribution in [1.82, 2.24) is 19.9 Å². The first-order valence-corrected chi connectivity index (χ1v) is 10.6. The van der Waals surface area contributed by atoms with E-state index >= 15 is 0 Å². The average Bonchev–Trinajstić information content (AvgIpc) is 3.18. The maximum absolute atomic E-state index is 14.2. The number of hydrogen-bond acceptors (Lipinski definition) is 5. The smallest absolute Gasteiger partial charge is 0.276 e. The van der Waals surface area contributed by atoms with Gasteiger partial charge in [0.1, 0.15) is 5.82 Å². The quantitative estimate of drug-likeness (QED) is 0.428. The normalized spacial score (nSPS) is 11.2. The van der Waals surface area contributed by atoms with Gasteiger partial charge in [-0.25, -0.2) is 13.9 Å². The van der Waals surface area contributed by atoms with Crippen LogP contribution in [-0.4, -0.2) is 41.3 Å². The van der Waals surface area contributed by atoms with Gasteiger partial charge in [-0.15, -0.1) is 0 Å². The van der Waals surface area contributed by atoms with Gasteiger partial charge in [-0.3, -0.25) is 14.7 Å². The minimum atomic E-state index is -0.445. The van der Waals surface area contributed by atoms with Crippen LogP contribution in [0.15, 0.2) is 41.2 Å². The van der Waals surface area contributed by atoms with E-state index in [9.17, 15) is 14.0 Å². The first-order chi connectivity index (χ1) is 15.9. The van der Waals surface area contributed by atoms with E-state index < -0.39 is 5.82 Å². The molecule has 0 spiro atoms. The summed E-state index contributed by atoms with van der Waals surface area (Å²) in [7, 11) is 3.15. The van der Waals surface area contributed by atoms with Crippen LogP contribution in [0, 0.1) is 12.7 Å². The summed E-state index contributed by atoms with van der Waals surface area (Å²) in [5.41, 5.74) is 2.32. The molecule has 1 amide bonds. The minimum Gasteiger partial charge on any atom is -0.493 e. The zero-order chi connectivity index (χ0) is 23.5. The molecule has 9 heteroatoms. The van der Waals surface area contributed by atoms with Gasteiger partial charge in [0, 0.05) is 24.2 Å². The maximum atomic E-state index is 14.2. The Balaban J connectivity index is 1.41. The molecule has 33 heavy (non-hydrogen) atoms. The summed E-state index contributed by atoms with van der Waals surface area (Å²) in [6.45, 7) is 2.15. The number of nitrogens with zero attached hydrogens (tertiary/aromatic N) is 2. The largest absolute Gasteiger partial charge is 0.493 e. The Labute approximate surface area is 189 Å². The second-order valence-corrected chi connectivity index (χ2v) is 7.70. The fourth-order valence-electron chi connectivity index (χ4n) is 3.90. The second-order valence-electron chi connectivity index (χ2n) is 7.70. The number of rotatable bonds is 8. The monoisotopic (exact) mass is 452 g/mol. The van der Waals surface area contributed by atoms with Crippen LogP contribution in [0.4, 0.5) is 4.39 Å². The van der Waals surface area contributed by atoms with Gasteiger partial charge in [0.05, 0.1) is 25.1 Å². The van der Waals surface area contributed by atoms with Crippen LogP contribution in [0.5, 0.6) is 11.5 Å². The third-order valence-corrected chi connectivity index (χ3v) is 5.64. The average molecular weight is 452 g/mol. The predicted octanol–water partition coefficient (Wildman–Crippen LogP) is 2.93. The number of ether oxygens (including phenoxy) is 2. The molecule has 8 nitrogen and oxygen atoms in total. The van der Waals surface area contributed by atoms with Crippen LogP contribution in [0.1, 0.15) is 23.2 Å². The number of halogens is 1. The Kier molecular flexibility index (Phi) is 6.30. The van der Waals surface area contributed by atoms with Crippen molar-refractivity contribution >= 4 is 22.5 Å². The summed E-state index contributed by atoms with van der Waals surface area (Å²) in [6, 6.07) is 10.2. The number of fused-ring (bicyclic) bond motifs is 3. The van der Waals surface area contributed by atoms with Gasteiger partial charge in [-0.1, -0.05) is 12.1 Å². The molecule has 0 saturated heterocycles. The van der Waals surface area contributed by atoms with Crippen LogP contribution >= 0.6 is 0 Å². The van der Waals surface area contributed by atoms with Crippen molar-refractivity contribution < 1.29 is 18.7 Å². The molecule has 4 rings (SSSR count). The molecule has 4 aromatic rings. The molecule has 2 aromatic carbocycles.